The van der Waals surface area contributed by atoms with E-state index >= 15 is 0 Å². The van der Waals surface area contributed by atoms with Gasteiger partial charge in [-0.25, -0.2) is 9.37 Å². The molecule has 0 spiro atoms. The molecule has 0 saturated carbocycles. The van der Waals surface area contributed by atoms with Crippen molar-refractivity contribution in [3.63, 3.8) is 0 Å². The lowest BCUT2D eigenvalue weighted by atomic mass is 10.1. The van der Waals surface area contributed by atoms with Crippen LogP contribution in [0.1, 0.15) is 16.2 Å². The molecule has 5 nitrogen and oxygen atoms in total. The molecular weight excluding hydrogens is 309 g/mol. The van der Waals surface area contributed by atoms with Crippen molar-refractivity contribution >= 4 is 5.91 Å². The van der Waals surface area contributed by atoms with Crippen LogP contribution in [0.2, 0.25) is 0 Å². The lowest BCUT2D eigenvalue weighted by Gasteiger charge is -2.08. The van der Waals surface area contributed by atoms with Crippen LogP contribution in [0.4, 0.5) is 4.39 Å². The SMILES string of the molecule is Cc1ncc(-c2ccc(Oc3ccc(F)cc3)cc2)nc1C(N)=O. The summed E-state index contributed by atoms with van der Waals surface area (Å²) in [7, 11) is 0. The number of carbonyl (C=O) groups is 1. The molecule has 0 bridgehead atoms. The molecule has 0 atom stereocenters. The van der Waals surface area contributed by atoms with Crippen LogP contribution in [-0.2, 0) is 0 Å². The Morgan fingerprint density at radius 2 is 1.62 bits per heavy atom. The molecule has 0 radical (unpaired) electrons. The standard InChI is InChI=1S/C18H14FN3O2/c1-11-17(18(20)23)22-16(10-21-11)12-2-6-14(7-3-12)24-15-8-4-13(19)5-9-15/h2-10H,1H3,(H2,20,23). The Morgan fingerprint density at radius 1 is 1.04 bits per heavy atom. The molecule has 1 heterocycles. The Morgan fingerprint density at radius 3 is 2.21 bits per heavy atom. The van der Waals surface area contributed by atoms with Gasteiger partial charge >= 0.3 is 0 Å². The van der Waals surface area contributed by atoms with Gasteiger partial charge in [0.15, 0.2) is 0 Å². The largest absolute Gasteiger partial charge is 0.457 e. The van der Waals surface area contributed by atoms with Gasteiger partial charge in [-0.3, -0.25) is 9.78 Å². The topological polar surface area (TPSA) is 78.1 Å². The number of carbonyl (C=O) groups excluding carboxylic acids is 1. The van der Waals surface area contributed by atoms with Crippen LogP contribution in [0.5, 0.6) is 11.5 Å². The molecule has 6 heteroatoms. The summed E-state index contributed by atoms with van der Waals surface area (Å²) in [6, 6.07) is 12.9. The number of rotatable bonds is 4. The maximum Gasteiger partial charge on any atom is 0.269 e. The molecule has 0 aliphatic carbocycles. The third-order valence-corrected chi connectivity index (χ3v) is 3.39. The van der Waals surface area contributed by atoms with E-state index in [2.05, 4.69) is 9.97 Å². The fourth-order valence-corrected chi connectivity index (χ4v) is 2.15. The zero-order chi connectivity index (χ0) is 17.1. The van der Waals surface area contributed by atoms with Gasteiger partial charge in [0.2, 0.25) is 0 Å². The third kappa shape index (κ3) is 3.38. The molecule has 1 amide bonds. The number of hydrogen-bond acceptors (Lipinski definition) is 4. The van der Waals surface area contributed by atoms with Crippen LogP contribution in [0.25, 0.3) is 11.3 Å². The first-order valence-corrected chi connectivity index (χ1v) is 7.20. The van der Waals surface area contributed by atoms with E-state index in [1.807, 2.05) is 0 Å². The maximum atomic E-state index is 12.9. The van der Waals surface area contributed by atoms with E-state index in [9.17, 15) is 9.18 Å². The zero-order valence-corrected chi connectivity index (χ0v) is 12.9. The number of nitrogens with zero attached hydrogens (tertiary/aromatic N) is 2. The summed E-state index contributed by atoms with van der Waals surface area (Å²) in [5.41, 5.74) is 7.25. The Kier molecular flexibility index (Phi) is 4.20. The maximum absolute atomic E-state index is 12.9. The average Bonchev–Trinajstić information content (AvgIpc) is 2.58. The normalized spacial score (nSPS) is 10.4. The first-order chi connectivity index (χ1) is 11.5. The number of amides is 1. The Balaban J connectivity index is 1.83. The summed E-state index contributed by atoms with van der Waals surface area (Å²) >= 11 is 0. The molecule has 3 aromatic rings. The van der Waals surface area contributed by atoms with Crippen molar-refractivity contribution < 1.29 is 13.9 Å². The molecule has 0 fully saturated rings. The quantitative estimate of drug-likeness (QED) is 0.797. The highest BCUT2D eigenvalue weighted by Crippen LogP contribution is 2.25. The van der Waals surface area contributed by atoms with E-state index in [1.54, 1.807) is 49.5 Å². The number of nitrogens with two attached hydrogens (primary N) is 1. The van der Waals surface area contributed by atoms with Crippen LogP contribution in [-0.4, -0.2) is 15.9 Å². The Bertz CT molecular complexity index is 878. The van der Waals surface area contributed by atoms with Crippen molar-refractivity contribution in [1.29, 1.82) is 0 Å². The lowest BCUT2D eigenvalue weighted by Crippen LogP contribution is -2.16. The molecule has 2 aromatic carbocycles. The number of benzene rings is 2. The number of primary amides is 1. The molecule has 120 valence electrons. The van der Waals surface area contributed by atoms with E-state index in [-0.39, 0.29) is 11.5 Å². The number of aromatic nitrogens is 2. The lowest BCUT2D eigenvalue weighted by molar-refractivity contribution is 0.0994. The van der Waals surface area contributed by atoms with Crippen molar-refractivity contribution in [3.8, 4) is 22.8 Å². The summed E-state index contributed by atoms with van der Waals surface area (Å²) in [6.45, 7) is 1.68. The summed E-state index contributed by atoms with van der Waals surface area (Å²) in [5, 5.41) is 0. The monoisotopic (exact) mass is 323 g/mol. The van der Waals surface area contributed by atoms with Crippen molar-refractivity contribution in [1.82, 2.24) is 9.97 Å². The van der Waals surface area contributed by atoms with Gasteiger partial charge in [-0.2, -0.15) is 0 Å². The van der Waals surface area contributed by atoms with Gasteiger partial charge < -0.3 is 10.5 Å². The Hall–Kier alpha value is -3.28. The minimum absolute atomic E-state index is 0.152. The number of hydrogen-bond donors (Lipinski definition) is 1. The Labute approximate surface area is 137 Å². The highest BCUT2D eigenvalue weighted by atomic mass is 19.1. The predicted octanol–water partition coefficient (Wildman–Crippen LogP) is 3.48. The second kappa shape index (κ2) is 6.45. The molecule has 24 heavy (non-hydrogen) atoms. The highest BCUT2D eigenvalue weighted by Gasteiger charge is 2.10. The average molecular weight is 323 g/mol. The molecule has 0 saturated heterocycles. The molecular formula is C18H14FN3O2. The summed E-state index contributed by atoms with van der Waals surface area (Å²) in [4.78, 5) is 19.8. The summed E-state index contributed by atoms with van der Waals surface area (Å²) in [6.07, 6.45) is 1.58. The molecule has 0 unspecified atom stereocenters. The van der Waals surface area contributed by atoms with Gasteiger partial charge in [-0.15, -0.1) is 0 Å². The van der Waals surface area contributed by atoms with E-state index < -0.39 is 5.91 Å². The van der Waals surface area contributed by atoms with Crippen molar-refractivity contribution in [2.45, 2.75) is 6.92 Å². The van der Waals surface area contributed by atoms with E-state index in [0.717, 1.165) is 5.56 Å². The first kappa shape index (κ1) is 15.6. The van der Waals surface area contributed by atoms with Crippen LogP contribution in [0.3, 0.4) is 0 Å². The fraction of sp³-hybridized carbons (Fsp3) is 0.0556. The van der Waals surface area contributed by atoms with Crippen molar-refractivity contribution in [2.24, 2.45) is 5.73 Å². The van der Waals surface area contributed by atoms with Crippen LogP contribution in [0.15, 0.2) is 54.7 Å². The molecule has 3 rings (SSSR count). The highest BCUT2D eigenvalue weighted by molar-refractivity contribution is 5.92. The molecule has 2 N–H and O–H groups in total. The summed E-state index contributed by atoms with van der Waals surface area (Å²) < 4.78 is 18.5. The minimum atomic E-state index is -0.613. The van der Waals surface area contributed by atoms with Gasteiger partial charge in [0.25, 0.3) is 5.91 Å². The second-order valence-electron chi connectivity index (χ2n) is 5.13. The fourth-order valence-electron chi connectivity index (χ4n) is 2.15. The number of ether oxygens (including phenoxy) is 1. The summed E-state index contributed by atoms with van der Waals surface area (Å²) in [5.74, 6) is 0.204. The van der Waals surface area contributed by atoms with Gasteiger partial charge in [-0.05, 0) is 55.5 Å². The van der Waals surface area contributed by atoms with Crippen molar-refractivity contribution in [3.05, 3.63) is 71.9 Å². The van der Waals surface area contributed by atoms with Crippen LogP contribution >= 0.6 is 0 Å². The van der Waals surface area contributed by atoms with Crippen LogP contribution in [0, 0.1) is 12.7 Å². The van der Waals surface area contributed by atoms with E-state index in [0.29, 0.717) is 22.9 Å². The third-order valence-electron chi connectivity index (χ3n) is 3.39. The molecule has 1 aromatic heterocycles. The minimum Gasteiger partial charge on any atom is -0.457 e. The predicted molar refractivity (Wildman–Crippen MR) is 87.2 cm³/mol. The van der Waals surface area contributed by atoms with Crippen LogP contribution < -0.4 is 10.5 Å². The van der Waals surface area contributed by atoms with Gasteiger partial charge in [0, 0.05) is 5.56 Å². The second-order valence-corrected chi connectivity index (χ2v) is 5.13. The molecule has 0 aliphatic heterocycles. The first-order valence-electron chi connectivity index (χ1n) is 7.20. The number of halogens is 1. The van der Waals surface area contributed by atoms with Crippen molar-refractivity contribution in [2.75, 3.05) is 0 Å². The van der Waals surface area contributed by atoms with E-state index in [4.69, 9.17) is 10.5 Å². The van der Waals surface area contributed by atoms with Gasteiger partial charge in [0.05, 0.1) is 17.6 Å². The van der Waals surface area contributed by atoms with Gasteiger partial charge in [0.1, 0.15) is 23.0 Å². The van der Waals surface area contributed by atoms with E-state index in [1.165, 1.54) is 12.1 Å². The smallest absolute Gasteiger partial charge is 0.269 e. The molecule has 0 aliphatic rings. The number of aryl methyl sites for hydroxylation is 1. The van der Waals surface area contributed by atoms with Gasteiger partial charge in [-0.1, -0.05) is 0 Å². The zero-order valence-electron chi connectivity index (χ0n) is 12.9.